The van der Waals surface area contributed by atoms with Crippen LogP contribution in [0.5, 0.6) is 5.75 Å². The van der Waals surface area contributed by atoms with Gasteiger partial charge >= 0.3 is 0 Å². The Kier molecular flexibility index (Phi) is 5.77. The molecule has 11 heteroatoms. The second-order valence-electron chi connectivity index (χ2n) is 6.32. The van der Waals surface area contributed by atoms with Gasteiger partial charge in [-0.3, -0.25) is 4.79 Å². The average Bonchev–Trinajstić information content (AvgIpc) is 3.28. The van der Waals surface area contributed by atoms with Crippen molar-refractivity contribution in [2.24, 2.45) is 0 Å². The number of halogens is 2. The Morgan fingerprint density at radius 3 is 2.45 bits per heavy atom. The molecule has 1 saturated heterocycles. The molecular weight excluding hydrogens is 417 g/mol. The number of aromatic nitrogens is 5. The second-order valence-corrected chi connectivity index (χ2v) is 7.16. The Balaban J connectivity index is 1.29. The number of anilines is 1. The molecule has 0 aliphatic carbocycles. The lowest BCUT2D eigenvalue weighted by molar-refractivity contribution is -0.133. The molecule has 4 rings (SSSR count). The number of ether oxygens (including phenoxy) is 1. The predicted molar refractivity (Wildman–Crippen MR) is 108 cm³/mol. The van der Waals surface area contributed by atoms with Gasteiger partial charge in [0, 0.05) is 31.2 Å². The lowest BCUT2D eigenvalue weighted by Crippen LogP contribution is -2.50. The van der Waals surface area contributed by atoms with Crippen molar-refractivity contribution < 1.29 is 9.53 Å². The molecule has 1 amide bonds. The first kappa shape index (κ1) is 19.4. The molecule has 0 unspecified atom stereocenters. The van der Waals surface area contributed by atoms with Gasteiger partial charge in [0.25, 0.3) is 5.91 Å². The Morgan fingerprint density at radius 1 is 1.03 bits per heavy atom. The zero-order valence-corrected chi connectivity index (χ0v) is 16.8. The van der Waals surface area contributed by atoms with Crippen molar-refractivity contribution in [3.63, 3.8) is 0 Å². The summed E-state index contributed by atoms with van der Waals surface area (Å²) in [4.78, 5) is 20.2. The molecule has 0 radical (unpaired) electrons. The summed E-state index contributed by atoms with van der Waals surface area (Å²) >= 11 is 11.9. The minimum atomic E-state index is -0.0942. The summed E-state index contributed by atoms with van der Waals surface area (Å²) in [5, 5.41) is 13.3. The number of carbonyl (C=O) groups is 1. The van der Waals surface area contributed by atoms with Gasteiger partial charge in [0.15, 0.2) is 18.2 Å². The molecule has 0 atom stereocenters. The van der Waals surface area contributed by atoms with Gasteiger partial charge in [-0.1, -0.05) is 23.2 Å². The highest BCUT2D eigenvalue weighted by Crippen LogP contribution is 2.27. The van der Waals surface area contributed by atoms with E-state index in [1.54, 1.807) is 34.1 Å². The van der Waals surface area contributed by atoms with Gasteiger partial charge in [0.1, 0.15) is 18.4 Å². The molecule has 1 aromatic carbocycles. The van der Waals surface area contributed by atoms with Crippen LogP contribution in [0.2, 0.25) is 10.0 Å². The number of rotatable bonds is 5. The van der Waals surface area contributed by atoms with Gasteiger partial charge in [0.2, 0.25) is 0 Å². The van der Waals surface area contributed by atoms with Gasteiger partial charge in [0.05, 0.1) is 5.02 Å². The molecule has 0 bridgehead atoms. The first-order valence-corrected chi connectivity index (χ1v) is 9.65. The van der Waals surface area contributed by atoms with E-state index in [1.165, 1.54) is 6.33 Å². The number of carbonyl (C=O) groups excluding carboxylic acids is 1. The van der Waals surface area contributed by atoms with Crippen LogP contribution in [0, 0.1) is 0 Å². The summed E-state index contributed by atoms with van der Waals surface area (Å²) < 4.78 is 7.08. The minimum absolute atomic E-state index is 0.0756. The van der Waals surface area contributed by atoms with Crippen LogP contribution in [0.1, 0.15) is 0 Å². The quantitative estimate of drug-likeness (QED) is 0.608. The first-order chi connectivity index (χ1) is 14.1. The Bertz CT molecular complexity index is 974. The Labute approximate surface area is 176 Å². The lowest BCUT2D eigenvalue weighted by Gasteiger charge is -2.35. The fourth-order valence-electron chi connectivity index (χ4n) is 2.94. The smallest absolute Gasteiger partial charge is 0.260 e. The highest BCUT2D eigenvalue weighted by molar-refractivity contribution is 6.35. The van der Waals surface area contributed by atoms with Gasteiger partial charge in [-0.25, -0.2) is 9.67 Å². The van der Waals surface area contributed by atoms with Crippen LogP contribution < -0.4 is 9.64 Å². The molecule has 0 spiro atoms. The van der Waals surface area contributed by atoms with Crippen LogP contribution in [0.3, 0.4) is 0 Å². The van der Waals surface area contributed by atoms with Gasteiger partial charge < -0.3 is 14.5 Å². The highest BCUT2D eigenvalue weighted by Gasteiger charge is 2.22. The summed E-state index contributed by atoms with van der Waals surface area (Å²) in [5.41, 5.74) is 0. The van der Waals surface area contributed by atoms with E-state index in [1.807, 2.05) is 12.1 Å². The average molecular weight is 434 g/mol. The number of benzene rings is 1. The minimum Gasteiger partial charge on any atom is -0.482 e. The van der Waals surface area contributed by atoms with Crippen molar-refractivity contribution in [2.45, 2.75) is 0 Å². The van der Waals surface area contributed by atoms with Crippen LogP contribution in [-0.2, 0) is 4.79 Å². The summed E-state index contributed by atoms with van der Waals surface area (Å²) in [5.74, 6) is 1.69. The SMILES string of the molecule is O=C(COc1ccc(Cl)cc1Cl)N1CCN(c2ccc(-n3cncn3)nn2)CC1. The fraction of sp³-hybridized carbons (Fsp3) is 0.278. The third-order valence-corrected chi connectivity index (χ3v) is 5.02. The molecule has 2 aromatic heterocycles. The van der Waals surface area contributed by atoms with Crippen molar-refractivity contribution in [1.29, 1.82) is 0 Å². The van der Waals surface area contributed by atoms with E-state index in [2.05, 4.69) is 25.2 Å². The monoisotopic (exact) mass is 433 g/mol. The molecular formula is C18H17Cl2N7O2. The van der Waals surface area contributed by atoms with Crippen LogP contribution >= 0.6 is 23.2 Å². The summed E-state index contributed by atoms with van der Waals surface area (Å²) in [7, 11) is 0. The van der Waals surface area contributed by atoms with Crippen LogP contribution in [0.25, 0.3) is 5.82 Å². The molecule has 29 heavy (non-hydrogen) atoms. The van der Waals surface area contributed by atoms with Crippen molar-refractivity contribution in [3.05, 3.63) is 53.0 Å². The molecule has 0 saturated carbocycles. The summed E-state index contributed by atoms with van der Waals surface area (Å²) in [6.07, 6.45) is 3.00. The zero-order valence-electron chi connectivity index (χ0n) is 15.3. The van der Waals surface area contributed by atoms with E-state index in [4.69, 9.17) is 27.9 Å². The van der Waals surface area contributed by atoms with E-state index in [-0.39, 0.29) is 12.5 Å². The van der Waals surface area contributed by atoms with E-state index in [0.29, 0.717) is 47.8 Å². The zero-order chi connectivity index (χ0) is 20.2. The fourth-order valence-corrected chi connectivity index (χ4v) is 3.41. The molecule has 3 heterocycles. The van der Waals surface area contributed by atoms with E-state index in [0.717, 1.165) is 5.82 Å². The van der Waals surface area contributed by atoms with Crippen molar-refractivity contribution in [1.82, 2.24) is 29.9 Å². The number of amides is 1. The van der Waals surface area contributed by atoms with Crippen molar-refractivity contribution >= 4 is 34.9 Å². The second kappa shape index (κ2) is 8.62. The molecule has 3 aromatic rings. The van der Waals surface area contributed by atoms with E-state index in [9.17, 15) is 4.79 Å². The molecule has 1 fully saturated rings. The number of nitrogens with zero attached hydrogens (tertiary/aromatic N) is 7. The van der Waals surface area contributed by atoms with Crippen molar-refractivity contribution in [3.8, 4) is 11.6 Å². The summed E-state index contributed by atoms with van der Waals surface area (Å²) in [6.45, 7) is 2.38. The van der Waals surface area contributed by atoms with E-state index >= 15 is 0 Å². The maximum atomic E-state index is 12.4. The van der Waals surface area contributed by atoms with Crippen LogP contribution in [-0.4, -0.2) is 68.6 Å². The number of hydrogen-bond donors (Lipinski definition) is 0. The summed E-state index contributed by atoms with van der Waals surface area (Å²) in [6, 6.07) is 8.61. The third kappa shape index (κ3) is 4.57. The Morgan fingerprint density at radius 2 is 1.79 bits per heavy atom. The number of piperazine rings is 1. The normalized spacial score (nSPS) is 14.1. The highest BCUT2D eigenvalue weighted by atomic mass is 35.5. The molecule has 150 valence electrons. The topological polar surface area (TPSA) is 89.3 Å². The van der Waals surface area contributed by atoms with E-state index < -0.39 is 0 Å². The molecule has 1 aliphatic heterocycles. The molecule has 1 aliphatic rings. The Hall–Kier alpha value is -2.91. The van der Waals surface area contributed by atoms with Gasteiger partial charge in [-0.2, -0.15) is 5.10 Å². The largest absolute Gasteiger partial charge is 0.482 e. The van der Waals surface area contributed by atoms with Crippen LogP contribution in [0.4, 0.5) is 5.82 Å². The lowest BCUT2D eigenvalue weighted by atomic mass is 10.3. The molecule has 0 N–H and O–H groups in total. The van der Waals surface area contributed by atoms with Gasteiger partial charge in [-0.05, 0) is 30.3 Å². The van der Waals surface area contributed by atoms with Crippen molar-refractivity contribution in [2.75, 3.05) is 37.7 Å². The van der Waals surface area contributed by atoms with Gasteiger partial charge in [-0.15, -0.1) is 10.2 Å². The third-order valence-electron chi connectivity index (χ3n) is 4.49. The van der Waals surface area contributed by atoms with Crippen LogP contribution in [0.15, 0.2) is 43.0 Å². The first-order valence-electron chi connectivity index (χ1n) is 8.89. The number of hydrogen-bond acceptors (Lipinski definition) is 7. The standard InChI is InChI=1S/C18H17Cl2N7O2/c19-13-1-2-15(14(20)9-13)29-10-18(28)26-7-5-25(6-8-26)16-3-4-17(24-23-16)27-12-21-11-22-27/h1-4,9,11-12H,5-8,10H2. The predicted octanol–water partition coefficient (Wildman–Crippen LogP) is 2.09. The maximum Gasteiger partial charge on any atom is 0.260 e. The maximum absolute atomic E-state index is 12.4. The molecule has 9 nitrogen and oxygen atoms in total.